The van der Waals surface area contributed by atoms with E-state index in [0.29, 0.717) is 38.6 Å². The van der Waals surface area contributed by atoms with E-state index >= 15 is 0 Å². The molecular weight excluding hydrogens is 554 g/mol. The van der Waals surface area contributed by atoms with Gasteiger partial charge in [0.25, 0.3) is 0 Å². The highest BCUT2D eigenvalue weighted by atomic mass is 16.5. The Morgan fingerprint density at radius 3 is 2.41 bits per heavy atom. The quantitative estimate of drug-likeness (QED) is 0.269. The van der Waals surface area contributed by atoms with Gasteiger partial charge < -0.3 is 30.5 Å². The lowest BCUT2D eigenvalue weighted by Gasteiger charge is -2.37. The van der Waals surface area contributed by atoms with Crippen LogP contribution in [0.5, 0.6) is 0 Å². The molecule has 4 rings (SSSR count). The van der Waals surface area contributed by atoms with Crippen LogP contribution in [0.1, 0.15) is 98.6 Å². The molecule has 3 unspecified atom stereocenters. The van der Waals surface area contributed by atoms with E-state index in [9.17, 15) is 19.8 Å². The Kier molecular flexibility index (Phi) is 12.4. The standard InChI is InChI=1S/C36H53N3O5/c1-5-31-34(42)30(40)24-32(44-31)28-17-12-25(2)29(23-28)22-27-15-13-26(14-16-27)10-9-11-33(41)38-36(18-7-6-8-19-36)35(43)37-20-21-39(3)4/h12-17,23,30-32,34,40,42H,5-11,18-22,24H2,1-4H3,(H,37,43)(H,38,41)/t30?,31?,32?,34-/m0/s1. The fraction of sp³-hybridized carbons (Fsp3) is 0.611. The van der Waals surface area contributed by atoms with Crippen molar-refractivity contribution in [2.24, 2.45) is 0 Å². The molecule has 0 bridgehead atoms. The smallest absolute Gasteiger partial charge is 0.245 e. The van der Waals surface area contributed by atoms with Crippen LogP contribution in [0, 0.1) is 6.92 Å². The number of aliphatic hydroxyl groups is 2. The number of likely N-dealkylation sites (N-methyl/N-ethyl adjacent to an activating group) is 1. The van der Waals surface area contributed by atoms with Crippen LogP contribution in [-0.4, -0.2) is 78.0 Å². The summed E-state index contributed by atoms with van der Waals surface area (Å²) in [6, 6.07) is 14.9. The van der Waals surface area contributed by atoms with Crippen LogP contribution in [0.4, 0.5) is 0 Å². The maximum atomic E-state index is 13.1. The van der Waals surface area contributed by atoms with Crippen molar-refractivity contribution < 1.29 is 24.5 Å². The minimum Gasteiger partial charge on any atom is -0.390 e. The summed E-state index contributed by atoms with van der Waals surface area (Å²) in [5, 5.41) is 26.8. The number of aliphatic hydroxyl groups excluding tert-OH is 2. The molecule has 1 aliphatic carbocycles. The highest BCUT2D eigenvalue weighted by Gasteiger charge is 2.40. The molecule has 1 saturated heterocycles. The van der Waals surface area contributed by atoms with E-state index in [-0.39, 0.29) is 24.0 Å². The first-order valence-electron chi connectivity index (χ1n) is 16.5. The Labute approximate surface area is 263 Å². The lowest BCUT2D eigenvalue weighted by Crippen LogP contribution is -2.60. The zero-order chi connectivity index (χ0) is 31.7. The van der Waals surface area contributed by atoms with Gasteiger partial charge in [-0.1, -0.05) is 68.7 Å². The van der Waals surface area contributed by atoms with Crippen LogP contribution in [0.2, 0.25) is 0 Å². The summed E-state index contributed by atoms with van der Waals surface area (Å²) in [7, 11) is 3.96. The van der Waals surface area contributed by atoms with Crippen LogP contribution in [-0.2, 0) is 27.2 Å². The van der Waals surface area contributed by atoms with Crippen molar-refractivity contribution in [1.82, 2.24) is 15.5 Å². The second kappa shape index (κ2) is 16.0. The molecule has 1 heterocycles. The maximum Gasteiger partial charge on any atom is 0.245 e. The van der Waals surface area contributed by atoms with Gasteiger partial charge in [-0.15, -0.1) is 0 Å². The number of amides is 2. The molecule has 2 amide bonds. The molecule has 1 saturated carbocycles. The Hall–Kier alpha value is -2.78. The first-order valence-corrected chi connectivity index (χ1v) is 16.5. The number of carbonyl (C=O) groups is 2. The fourth-order valence-electron chi connectivity index (χ4n) is 6.54. The summed E-state index contributed by atoms with van der Waals surface area (Å²) in [4.78, 5) is 28.1. The van der Waals surface area contributed by atoms with E-state index in [1.54, 1.807) is 0 Å². The van der Waals surface area contributed by atoms with Gasteiger partial charge in [-0.2, -0.15) is 0 Å². The van der Waals surface area contributed by atoms with Crippen molar-refractivity contribution in [2.45, 2.75) is 114 Å². The largest absolute Gasteiger partial charge is 0.390 e. The molecule has 1 aliphatic heterocycles. The van der Waals surface area contributed by atoms with Gasteiger partial charge in [0.15, 0.2) is 0 Å². The molecule has 2 aromatic rings. The number of hydrogen-bond donors (Lipinski definition) is 4. The van der Waals surface area contributed by atoms with Gasteiger partial charge in [0.1, 0.15) is 11.6 Å². The summed E-state index contributed by atoms with van der Waals surface area (Å²) in [6.07, 6.45) is 5.96. The van der Waals surface area contributed by atoms with Gasteiger partial charge >= 0.3 is 0 Å². The lowest BCUT2D eigenvalue weighted by molar-refractivity contribution is -0.170. The zero-order valence-electron chi connectivity index (χ0n) is 27.1. The molecular formula is C36H53N3O5. The van der Waals surface area contributed by atoms with Gasteiger partial charge in [-0.3, -0.25) is 9.59 Å². The molecule has 2 fully saturated rings. The molecule has 8 heteroatoms. The topological polar surface area (TPSA) is 111 Å². The summed E-state index contributed by atoms with van der Waals surface area (Å²) in [6.45, 7) is 5.42. The lowest BCUT2D eigenvalue weighted by atomic mass is 9.80. The van der Waals surface area contributed by atoms with Crippen LogP contribution in [0.3, 0.4) is 0 Å². The molecule has 4 N–H and O–H groups in total. The second-order valence-electron chi connectivity index (χ2n) is 13.1. The average Bonchev–Trinajstić information content (AvgIpc) is 3.00. The van der Waals surface area contributed by atoms with E-state index in [4.69, 9.17) is 4.74 Å². The number of nitrogens with one attached hydrogen (secondary N) is 2. The highest BCUT2D eigenvalue weighted by molar-refractivity contribution is 5.91. The minimum atomic E-state index is -0.841. The maximum absolute atomic E-state index is 13.1. The number of nitrogens with zero attached hydrogens (tertiary/aromatic N) is 1. The Morgan fingerprint density at radius 1 is 1.02 bits per heavy atom. The first-order chi connectivity index (χ1) is 21.1. The number of rotatable bonds is 13. The summed E-state index contributed by atoms with van der Waals surface area (Å²) >= 11 is 0. The van der Waals surface area contributed by atoms with Crippen molar-refractivity contribution in [1.29, 1.82) is 0 Å². The molecule has 0 spiro atoms. The predicted molar refractivity (Wildman–Crippen MR) is 173 cm³/mol. The monoisotopic (exact) mass is 607 g/mol. The van der Waals surface area contributed by atoms with Crippen LogP contribution >= 0.6 is 0 Å². The molecule has 44 heavy (non-hydrogen) atoms. The van der Waals surface area contributed by atoms with Crippen molar-refractivity contribution in [2.75, 3.05) is 27.2 Å². The van der Waals surface area contributed by atoms with E-state index in [1.807, 2.05) is 25.9 Å². The molecule has 0 radical (unpaired) electrons. The van der Waals surface area contributed by atoms with Crippen LogP contribution in [0.15, 0.2) is 42.5 Å². The van der Waals surface area contributed by atoms with Gasteiger partial charge in [0, 0.05) is 25.9 Å². The molecule has 2 aromatic carbocycles. The number of benzene rings is 2. The van der Waals surface area contributed by atoms with Crippen molar-refractivity contribution in [3.63, 3.8) is 0 Å². The van der Waals surface area contributed by atoms with Crippen molar-refractivity contribution in [3.8, 4) is 0 Å². The normalized spacial score (nSPS) is 23.3. The average molecular weight is 608 g/mol. The predicted octanol–water partition coefficient (Wildman–Crippen LogP) is 4.37. The fourth-order valence-corrected chi connectivity index (χ4v) is 6.54. The highest BCUT2D eigenvalue weighted by Crippen LogP contribution is 2.34. The number of aryl methyl sites for hydroxylation is 2. The summed E-state index contributed by atoms with van der Waals surface area (Å²) < 4.78 is 6.14. The van der Waals surface area contributed by atoms with Crippen molar-refractivity contribution >= 4 is 11.8 Å². The van der Waals surface area contributed by atoms with E-state index < -0.39 is 17.7 Å². The third-order valence-electron chi connectivity index (χ3n) is 9.37. The Balaban J connectivity index is 1.28. The summed E-state index contributed by atoms with van der Waals surface area (Å²) in [5.74, 6) is -0.0903. The summed E-state index contributed by atoms with van der Waals surface area (Å²) in [5.41, 5.74) is 5.07. The molecule has 2 aliphatic rings. The van der Waals surface area contributed by atoms with Crippen LogP contribution < -0.4 is 10.6 Å². The van der Waals surface area contributed by atoms with Gasteiger partial charge in [-0.05, 0) is 87.4 Å². The van der Waals surface area contributed by atoms with E-state index in [0.717, 1.165) is 50.6 Å². The van der Waals surface area contributed by atoms with Gasteiger partial charge in [-0.25, -0.2) is 0 Å². The van der Waals surface area contributed by atoms with Gasteiger partial charge in [0.05, 0.1) is 18.3 Å². The first kappa shape index (κ1) is 34.1. The Bertz CT molecular complexity index is 1220. The van der Waals surface area contributed by atoms with Crippen molar-refractivity contribution in [3.05, 3.63) is 70.3 Å². The van der Waals surface area contributed by atoms with E-state index in [2.05, 4.69) is 60.0 Å². The SMILES string of the molecule is CCC1OC(c2ccc(C)c(Cc3ccc(CCCC(=O)NC4(C(=O)NCCN(C)C)CCCCC4)cc3)c2)CC(O)[C@@H]1O. The Morgan fingerprint density at radius 2 is 1.73 bits per heavy atom. The number of ether oxygens (including phenoxy) is 1. The molecule has 0 aromatic heterocycles. The number of carbonyl (C=O) groups excluding carboxylic acids is 2. The molecule has 242 valence electrons. The minimum absolute atomic E-state index is 0.0448. The van der Waals surface area contributed by atoms with Gasteiger partial charge in [0.2, 0.25) is 11.8 Å². The van der Waals surface area contributed by atoms with Crippen LogP contribution in [0.25, 0.3) is 0 Å². The number of hydrogen-bond acceptors (Lipinski definition) is 6. The third-order valence-corrected chi connectivity index (χ3v) is 9.37. The molecule has 4 atom stereocenters. The third kappa shape index (κ3) is 9.13. The zero-order valence-corrected chi connectivity index (χ0v) is 27.1. The van der Waals surface area contributed by atoms with E-state index in [1.165, 1.54) is 22.3 Å². The molecule has 8 nitrogen and oxygen atoms in total. The second-order valence-corrected chi connectivity index (χ2v) is 13.1.